The van der Waals surface area contributed by atoms with Crippen LogP contribution in [0.5, 0.6) is 0 Å². The number of rotatable bonds is 7. The van der Waals surface area contributed by atoms with E-state index < -0.39 is 21.6 Å². The fourth-order valence-electron chi connectivity index (χ4n) is 4.21. The molecule has 1 aliphatic rings. The van der Waals surface area contributed by atoms with Crippen LogP contribution < -0.4 is 0 Å². The summed E-state index contributed by atoms with van der Waals surface area (Å²) in [6.07, 6.45) is 3.53. The molecule has 0 saturated heterocycles. The second kappa shape index (κ2) is 9.15. The summed E-state index contributed by atoms with van der Waals surface area (Å²) in [7, 11) is 0. The maximum atomic E-state index is 12.1. The molecule has 0 spiro atoms. The minimum Gasteiger partial charge on any atom is -0.481 e. The lowest BCUT2D eigenvalue weighted by Crippen LogP contribution is -2.58. The molecule has 3 rings (SSSR count). The second-order valence-electron chi connectivity index (χ2n) is 8.01. The molecule has 0 aliphatic heterocycles. The van der Waals surface area contributed by atoms with E-state index in [4.69, 9.17) is 0 Å². The number of carboxylic acid groups (broad SMARTS) is 1. The van der Waals surface area contributed by atoms with Gasteiger partial charge in [0.2, 0.25) is 0 Å². The number of carbonyl (C=O) groups is 1. The molecule has 2 unspecified atom stereocenters. The normalized spacial score (nSPS) is 22.2. The van der Waals surface area contributed by atoms with Gasteiger partial charge >= 0.3 is 5.97 Å². The summed E-state index contributed by atoms with van der Waals surface area (Å²) in [4.78, 5) is 14.3. The van der Waals surface area contributed by atoms with Crippen LogP contribution in [0, 0.1) is 19.8 Å². The minimum atomic E-state index is -1.29. The Morgan fingerprint density at radius 2 is 1.38 bits per heavy atom. The lowest BCUT2D eigenvalue weighted by atomic mass is 9.73. The first-order chi connectivity index (χ1) is 13.8. The van der Waals surface area contributed by atoms with Crippen molar-refractivity contribution >= 4 is 29.5 Å². The number of aliphatic hydroxyl groups is 1. The maximum absolute atomic E-state index is 12.1. The molecular weight excluding hydrogens is 400 g/mol. The topological polar surface area (TPSA) is 57.5 Å². The molecule has 0 heterocycles. The molecular formula is C24H30O3S2. The molecule has 0 radical (unpaired) electrons. The van der Waals surface area contributed by atoms with Crippen LogP contribution in [-0.2, 0) is 4.79 Å². The Hall–Kier alpha value is -1.43. The van der Waals surface area contributed by atoms with Crippen LogP contribution in [-0.4, -0.2) is 25.9 Å². The fourth-order valence-corrected chi connectivity index (χ4v) is 7.59. The van der Waals surface area contributed by atoms with Gasteiger partial charge in [0.05, 0.1) is 10.00 Å². The molecule has 29 heavy (non-hydrogen) atoms. The summed E-state index contributed by atoms with van der Waals surface area (Å²) in [6, 6.07) is 16.6. The highest BCUT2D eigenvalue weighted by Crippen LogP contribution is 2.61. The second-order valence-corrected chi connectivity index (χ2v) is 11.0. The van der Waals surface area contributed by atoms with Gasteiger partial charge < -0.3 is 10.2 Å². The lowest BCUT2D eigenvalue weighted by molar-refractivity contribution is -0.155. The van der Waals surface area contributed by atoms with Gasteiger partial charge in [0, 0.05) is 9.79 Å². The number of aliphatic carboxylic acids is 1. The zero-order chi connectivity index (χ0) is 21.1. The molecule has 1 saturated carbocycles. The average Bonchev–Trinajstić information content (AvgIpc) is 2.68. The summed E-state index contributed by atoms with van der Waals surface area (Å²) < 4.78 is -0.658. The lowest BCUT2D eigenvalue weighted by Gasteiger charge is -2.52. The summed E-state index contributed by atoms with van der Waals surface area (Å²) >= 11 is 3.27. The van der Waals surface area contributed by atoms with Gasteiger partial charge in [-0.05, 0) is 57.4 Å². The Morgan fingerprint density at radius 3 is 1.79 bits per heavy atom. The molecule has 2 N–H and O–H groups in total. The van der Waals surface area contributed by atoms with Crippen molar-refractivity contribution in [2.24, 2.45) is 5.92 Å². The van der Waals surface area contributed by atoms with Gasteiger partial charge in [-0.2, -0.15) is 0 Å². The van der Waals surface area contributed by atoms with Gasteiger partial charge in [0.1, 0.15) is 5.60 Å². The molecule has 2 atom stereocenters. The van der Waals surface area contributed by atoms with Crippen LogP contribution in [0.4, 0.5) is 0 Å². The molecule has 1 aliphatic carbocycles. The molecule has 0 aromatic heterocycles. The van der Waals surface area contributed by atoms with E-state index in [1.807, 2.05) is 6.92 Å². The van der Waals surface area contributed by atoms with Crippen molar-refractivity contribution in [3.63, 3.8) is 0 Å². The number of carboxylic acids is 1. The average molecular weight is 431 g/mol. The van der Waals surface area contributed by atoms with Gasteiger partial charge in [0.25, 0.3) is 0 Å². The number of thioether (sulfide) groups is 2. The van der Waals surface area contributed by atoms with Crippen LogP contribution in [0.2, 0.25) is 0 Å². The van der Waals surface area contributed by atoms with Crippen molar-refractivity contribution in [3.8, 4) is 0 Å². The summed E-state index contributed by atoms with van der Waals surface area (Å²) in [5, 5.41) is 22.0. The highest BCUT2D eigenvalue weighted by molar-refractivity contribution is 8.18. The van der Waals surface area contributed by atoms with E-state index in [2.05, 4.69) is 62.4 Å². The molecule has 3 nitrogen and oxygen atoms in total. The first kappa shape index (κ1) is 22.3. The minimum absolute atomic E-state index is 0.413. The first-order valence-electron chi connectivity index (χ1n) is 10.3. The monoisotopic (exact) mass is 430 g/mol. The zero-order valence-corrected chi connectivity index (χ0v) is 19.0. The van der Waals surface area contributed by atoms with Crippen LogP contribution in [0.1, 0.15) is 50.2 Å². The molecule has 2 aromatic rings. The molecule has 1 fully saturated rings. The molecule has 0 amide bonds. The smallest absolute Gasteiger partial charge is 0.309 e. The number of benzene rings is 2. The van der Waals surface area contributed by atoms with E-state index in [0.717, 1.165) is 29.1 Å². The zero-order valence-electron chi connectivity index (χ0n) is 17.4. The quantitative estimate of drug-likeness (QED) is 0.505. The van der Waals surface area contributed by atoms with Crippen molar-refractivity contribution in [3.05, 3.63) is 59.7 Å². The van der Waals surface area contributed by atoms with E-state index in [-0.39, 0.29) is 0 Å². The largest absolute Gasteiger partial charge is 0.481 e. The fraction of sp³-hybridized carbons (Fsp3) is 0.458. The van der Waals surface area contributed by atoms with Gasteiger partial charge in [0.15, 0.2) is 0 Å². The Balaban J connectivity index is 2.08. The van der Waals surface area contributed by atoms with Crippen molar-refractivity contribution in [1.29, 1.82) is 0 Å². The van der Waals surface area contributed by atoms with E-state index >= 15 is 0 Å². The third kappa shape index (κ3) is 4.68. The predicted octanol–water partition coefficient (Wildman–Crippen LogP) is 6.30. The number of aryl methyl sites for hydroxylation is 2. The highest BCUT2D eigenvalue weighted by Gasteiger charge is 2.59. The van der Waals surface area contributed by atoms with Crippen molar-refractivity contribution in [2.45, 2.75) is 72.3 Å². The summed E-state index contributed by atoms with van der Waals surface area (Å²) in [5.41, 5.74) is 1.08. The van der Waals surface area contributed by atoms with Crippen LogP contribution in [0.25, 0.3) is 0 Å². The van der Waals surface area contributed by atoms with Crippen molar-refractivity contribution < 1.29 is 15.0 Å². The maximum Gasteiger partial charge on any atom is 0.309 e. The van der Waals surface area contributed by atoms with Gasteiger partial charge in [-0.15, -0.1) is 23.5 Å². The summed E-state index contributed by atoms with van der Waals surface area (Å²) in [5.74, 6) is -1.70. The van der Waals surface area contributed by atoms with Gasteiger partial charge in [-0.3, -0.25) is 4.79 Å². The van der Waals surface area contributed by atoms with E-state index in [0.29, 0.717) is 12.8 Å². The third-order valence-corrected chi connectivity index (χ3v) is 9.15. The Kier molecular flexibility index (Phi) is 7.02. The third-order valence-electron chi connectivity index (χ3n) is 5.86. The highest BCUT2D eigenvalue weighted by atomic mass is 32.2. The Labute approximate surface area is 182 Å². The molecule has 156 valence electrons. The van der Waals surface area contributed by atoms with E-state index in [1.54, 1.807) is 23.5 Å². The number of hydrogen-bond donors (Lipinski definition) is 2. The van der Waals surface area contributed by atoms with Gasteiger partial charge in [-0.1, -0.05) is 55.2 Å². The van der Waals surface area contributed by atoms with E-state index in [1.165, 1.54) is 11.1 Å². The standard InChI is InChI=1S/C24H30O3S2/c1-4-21(22(25)26)23(27)15-5-6-16-24(23,28-19-11-7-17(2)8-12-19)29-20-13-9-18(3)10-14-20/h7-14,21,27H,4-6,15-16H2,1-3H3,(H,25,26). The Bertz CT molecular complexity index is 785. The molecule has 2 aromatic carbocycles. The van der Waals surface area contributed by atoms with Crippen LogP contribution >= 0.6 is 23.5 Å². The van der Waals surface area contributed by atoms with E-state index in [9.17, 15) is 15.0 Å². The molecule has 0 bridgehead atoms. The van der Waals surface area contributed by atoms with Gasteiger partial charge in [-0.25, -0.2) is 0 Å². The van der Waals surface area contributed by atoms with Crippen LogP contribution in [0.3, 0.4) is 0 Å². The number of hydrogen-bond acceptors (Lipinski definition) is 4. The Morgan fingerprint density at radius 1 is 0.931 bits per heavy atom. The van der Waals surface area contributed by atoms with Crippen molar-refractivity contribution in [2.75, 3.05) is 0 Å². The first-order valence-corrected chi connectivity index (χ1v) is 11.9. The SMILES string of the molecule is CCC(C(=O)O)C1(O)CCCCC1(Sc1ccc(C)cc1)Sc1ccc(C)cc1. The van der Waals surface area contributed by atoms with Crippen LogP contribution in [0.15, 0.2) is 58.3 Å². The van der Waals surface area contributed by atoms with Crippen molar-refractivity contribution in [1.82, 2.24) is 0 Å². The molecule has 5 heteroatoms. The summed E-state index contributed by atoms with van der Waals surface area (Å²) in [6.45, 7) is 5.97. The predicted molar refractivity (Wildman–Crippen MR) is 122 cm³/mol.